The molecule has 0 rings (SSSR count). The summed E-state index contributed by atoms with van der Waals surface area (Å²) in [5.41, 5.74) is 0.813. The van der Waals surface area contributed by atoms with Gasteiger partial charge in [0.1, 0.15) is 0 Å². The minimum absolute atomic E-state index is 0.813. The predicted octanol–water partition coefficient (Wildman–Crippen LogP) is 1.83. The van der Waals surface area contributed by atoms with Crippen LogP contribution in [-0.4, -0.2) is 25.2 Å². The molecule has 0 aromatic heterocycles. The molecule has 0 unspecified atom stereocenters. The topological polar surface area (TPSA) is 15.6 Å². The van der Waals surface area contributed by atoms with Crippen LogP contribution in [0.2, 0.25) is 0 Å². The standard InChI is InChI=1S/C9H14N2/c1-5-9(2)8-10-6-7-11(3)4/h5-8H,1-2H2,3-4H3. The summed E-state index contributed by atoms with van der Waals surface area (Å²) in [5, 5.41) is 0. The highest BCUT2D eigenvalue weighted by molar-refractivity contribution is 5.81. The largest absolute Gasteiger partial charge is 0.382 e. The van der Waals surface area contributed by atoms with E-state index in [2.05, 4.69) is 18.2 Å². The van der Waals surface area contributed by atoms with Crippen molar-refractivity contribution in [3.63, 3.8) is 0 Å². The Balaban J connectivity index is 3.77. The summed E-state index contributed by atoms with van der Waals surface area (Å²) < 4.78 is 0. The summed E-state index contributed by atoms with van der Waals surface area (Å²) in [6, 6.07) is 0. The molecule has 2 heteroatoms. The van der Waals surface area contributed by atoms with Gasteiger partial charge < -0.3 is 4.90 Å². The Morgan fingerprint density at radius 3 is 2.55 bits per heavy atom. The van der Waals surface area contributed by atoms with Crippen LogP contribution < -0.4 is 0 Å². The maximum Gasteiger partial charge on any atom is 0.0426 e. The molecule has 60 valence electrons. The molecule has 0 spiro atoms. The number of rotatable bonds is 4. The maximum atomic E-state index is 3.96. The van der Waals surface area contributed by atoms with Gasteiger partial charge in [-0.15, -0.1) is 0 Å². The second kappa shape index (κ2) is 5.47. The molecule has 0 saturated heterocycles. The van der Waals surface area contributed by atoms with Gasteiger partial charge in [0.2, 0.25) is 0 Å². The second-order valence-corrected chi connectivity index (χ2v) is 2.32. The van der Waals surface area contributed by atoms with E-state index in [0.717, 1.165) is 5.57 Å². The molecule has 0 aromatic carbocycles. The lowest BCUT2D eigenvalue weighted by Gasteiger charge is -2.00. The Morgan fingerprint density at radius 1 is 1.45 bits per heavy atom. The van der Waals surface area contributed by atoms with Crippen molar-refractivity contribution in [2.75, 3.05) is 14.1 Å². The van der Waals surface area contributed by atoms with Gasteiger partial charge in [-0.05, 0) is 5.57 Å². The van der Waals surface area contributed by atoms with Crippen molar-refractivity contribution in [2.24, 2.45) is 4.99 Å². The molecule has 0 fully saturated rings. The highest BCUT2D eigenvalue weighted by atomic mass is 15.0. The zero-order valence-corrected chi connectivity index (χ0v) is 7.12. The third-order valence-electron chi connectivity index (χ3n) is 0.953. The normalized spacial score (nSPS) is 10.7. The van der Waals surface area contributed by atoms with Gasteiger partial charge in [-0.3, -0.25) is 4.99 Å². The van der Waals surface area contributed by atoms with E-state index in [1.54, 1.807) is 18.5 Å². The molecular formula is C9H14N2. The number of hydrogen-bond donors (Lipinski definition) is 0. The summed E-state index contributed by atoms with van der Waals surface area (Å²) in [4.78, 5) is 5.87. The lowest BCUT2D eigenvalue weighted by atomic mass is 10.3. The molecule has 0 heterocycles. The van der Waals surface area contributed by atoms with E-state index >= 15 is 0 Å². The van der Waals surface area contributed by atoms with Crippen molar-refractivity contribution in [1.29, 1.82) is 0 Å². The van der Waals surface area contributed by atoms with Crippen LogP contribution in [0, 0.1) is 0 Å². The maximum absolute atomic E-state index is 3.96. The SMILES string of the molecule is C=CC(=C)C=NC=CN(C)C. The zero-order valence-electron chi connectivity index (χ0n) is 7.12. The van der Waals surface area contributed by atoms with Crippen molar-refractivity contribution in [3.05, 3.63) is 37.2 Å². The lowest BCUT2D eigenvalue weighted by Crippen LogP contribution is -1.99. The van der Waals surface area contributed by atoms with E-state index < -0.39 is 0 Å². The highest BCUT2D eigenvalue weighted by Gasteiger charge is 1.75. The van der Waals surface area contributed by atoms with Crippen LogP contribution in [0.15, 0.2) is 42.2 Å². The summed E-state index contributed by atoms with van der Waals surface area (Å²) in [6.45, 7) is 7.22. The van der Waals surface area contributed by atoms with Crippen molar-refractivity contribution in [3.8, 4) is 0 Å². The molecule has 0 aromatic rings. The van der Waals surface area contributed by atoms with Gasteiger partial charge >= 0.3 is 0 Å². The van der Waals surface area contributed by atoms with E-state index in [1.807, 2.05) is 25.2 Å². The number of hydrogen-bond acceptors (Lipinski definition) is 2. The van der Waals surface area contributed by atoms with Gasteiger partial charge in [0, 0.05) is 32.7 Å². The summed E-state index contributed by atoms with van der Waals surface area (Å²) in [7, 11) is 3.88. The van der Waals surface area contributed by atoms with Crippen LogP contribution in [0.1, 0.15) is 0 Å². The molecule has 2 nitrogen and oxygen atoms in total. The first kappa shape index (κ1) is 9.69. The van der Waals surface area contributed by atoms with Crippen molar-refractivity contribution >= 4 is 6.21 Å². The van der Waals surface area contributed by atoms with Gasteiger partial charge in [-0.2, -0.15) is 0 Å². The molecule has 11 heavy (non-hydrogen) atoms. The second-order valence-electron chi connectivity index (χ2n) is 2.32. The third kappa shape index (κ3) is 6.58. The zero-order chi connectivity index (χ0) is 8.69. The molecule has 0 saturated carbocycles. The molecule has 0 atom stereocenters. The van der Waals surface area contributed by atoms with Gasteiger partial charge in [0.15, 0.2) is 0 Å². The number of nitrogens with zero attached hydrogens (tertiary/aromatic N) is 2. The van der Waals surface area contributed by atoms with Crippen molar-refractivity contribution < 1.29 is 0 Å². The fraction of sp³-hybridized carbons (Fsp3) is 0.222. The van der Waals surface area contributed by atoms with Crippen LogP contribution in [-0.2, 0) is 0 Å². The average molecular weight is 150 g/mol. The minimum atomic E-state index is 0.813. The van der Waals surface area contributed by atoms with Gasteiger partial charge in [0.25, 0.3) is 0 Å². The summed E-state index contributed by atoms with van der Waals surface area (Å²) in [5.74, 6) is 0. The Labute approximate surface area is 68.2 Å². The van der Waals surface area contributed by atoms with E-state index in [9.17, 15) is 0 Å². The van der Waals surface area contributed by atoms with E-state index in [1.165, 1.54) is 0 Å². The Hall–Kier alpha value is -1.31. The summed E-state index contributed by atoms with van der Waals surface area (Å²) in [6.07, 6.45) is 6.88. The third-order valence-corrected chi connectivity index (χ3v) is 0.953. The molecule has 0 amide bonds. The summed E-state index contributed by atoms with van der Waals surface area (Å²) >= 11 is 0. The Morgan fingerprint density at radius 2 is 2.09 bits per heavy atom. The molecule has 0 aliphatic heterocycles. The molecule has 0 aliphatic carbocycles. The first-order valence-corrected chi connectivity index (χ1v) is 3.34. The Kier molecular flexibility index (Phi) is 4.82. The minimum Gasteiger partial charge on any atom is -0.382 e. The molecule has 0 bridgehead atoms. The monoisotopic (exact) mass is 150 g/mol. The predicted molar refractivity (Wildman–Crippen MR) is 50.7 cm³/mol. The van der Waals surface area contributed by atoms with Crippen LogP contribution in [0.3, 0.4) is 0 Å². The fourth-order valence-corrected chi connectivity index (χ4v) is 0.363. The molecule has 0 aliphatic rings. The smallest absolute Gasteiger partial charge is 0.0426 e. The Bertz CT molecular complexity index is 188. The first-order valence-electron chi connectivity index (χ1n) is 3.34. The average Bonchev–Trinajstić information content (AvgIpc) is 1.97. The fourth-order valence-electron chi connectivity index (χ4n) is 0.363. The molecule has 0 radical (unpaired) electrons. The van der Waals surface area contributed by atoms with E-state index in [4.69, 9.17) is 0 Å². The quantitative estimate of drug-likeness (QED) is 0.441. The van der Waals surface area contributed by atoms with Gasteiger partial charge in [-0.1, -0.05) is 19.2 Å². The van der Waals surface area contributed by atoms with Crippen LogP contribution >= 0.6 is 0 Å². The van der Waals surface area contributed by atoms with Crippen molar-refractivity contribution in [2.45, 2.75) is 0 Å². The molecule has 0 N–H and O–H groups in total. The van der Waals surface area contributed by atoms with Gasteiger partial charge in [0.05, 0.1) is 0 Å². The van der Waals surface area contributed by atoms with Crippen molar-refractivity contribution in [1.82, 2.24) is 4.90 Å². The van der Waals surface area contributed by atoms with Gasteiger partial charge in [-0.25, -0.2) is 0 Å². The van der Waals surface area contributed by atoms with E-state index in [0.29, 0.717) is 0 Å². The molecular weight excluding hydrogens is 136 g/mol. The van der Waals surface area contributed by atoms with Crippen LogP contribution in [0.5, 0.6) is 0 Å². The highest BCUT2D eigenvalue weighted by Crippen LogP contribution is 1.85. The van der Waals surface area contributed by atoms with Crippen LogP contribution in [0.25, 0.3) is 0 Å². The van der Waals surface area contributed by atoms with Crippen LogP contribution in [0.4, 0.5) is 0 Å². The first-order chi connectivity index (χ1) is 5.16. The number of allylic oxidation sites excluding steroid dienone is 2. The lowest BCUT2D eigenvalue weighted by molar-refractivity contribution is 0.562. The van der Waals surface area contributed by atoms with E-state index in [-0.39, 0.29) is 0 Å². The number of aliphatic imine (C=N–C) groups is 1.